The van der Waals surface area contributed by atoms with Crippen molar-refractivity contribution in [2.45, 2.75) is 17.6 Å². The zero-order valence-electron chi connectivity index (χ0n) is 13.3. The lowest BCUT2D eigenvalue weighted by Crippen LogP contribution is -2.28. The van der Waals surface area contributed by atoms with Crippen LogP contribution in [0.1, 0.15) is 11.7 Å². The minimum Gasteiger partial charge on any atom is -0.435 e. The SMILES string of the molecule is NCC1OB(O)c2cc(NS(=O)(=O)c3cccc(OC(F)F)c3)ccc21. The molecule has 7 nitrogen and oxygen atoms in total. The molecule has 1 aliphatic heterocycles. The average Bonchev–Trinajstić information content (AvgIpc) is 2.90. The predicted octanol–water partition coefficient (Wildman–Crippen LogP) is 0.806. The van der Waals surface area contributed by atoms with E-state index in [1.165, 1.54) is 30.3 Å². The molecule has 0 amide bonds. The van der Waals surface area contributed by atoms with Crippen LogP contribution in [0, 0.1) is 0 Å². The smallest absolute Gasteiger partial charge is 0.435 e. The molecule has 1 heterocycles. The van der Waals surface area contributed by atoms with E-state index in [4.69, 9.17) is 10.4 Å². The highest BCUT2D eigenvalue weighted by atomic mass is 32.2. The molecule has 0 fully saturated rings. The molecule has 1 aliphatic rings. The molecular formula is C15H15BF2N2O5S. The molecule has 26 heavy (non-hydrogen) atoms. The fourth-order valence-electron chi connectivity index (χ4n) is 2.66. The number of halogens is 2. The molecule has 3 rings (SSSR count). The third kappa shape index (κ3) is 3.80. The van der Waals surface area contributed by atoms with Crippen molar-refractivity contribution < 1.29 is 31.6 Å². The van der Waals surface area contributed by atoms with E-state index >= 15 is 0 Å². The normalized spacial score (nSPS) is 16.7. The molecular weight excluding hydrogens is 369 g/mol. The van der Waals surface area contributed by atoms with Crippen LogP contribution in [-0.2, 0) is 14.7 Å². The predicted molar refractivity (Wildman–Crippen MR) is 90.8 cm³/mol. The lowest BCUT2D eigenvalue weighted by atomic mass is 9.79. The first-order valence-corrected chi connectivity index (χ1v) is 9.03. The molecule has 0 bridgehead atoms. The molecule has 1 atom stereocenters. The number of rotatable bonds is 6. The van der Waals surface area contributed by atoms with Gasteiger partial charge in [0.1, 0.15) is 5.75 Å². The Morgan fingerprint density at radius 2 is 2.08 bits per heavy atom. The van der Waals surface area contributed by atoms with Gasteiger partial charge in [0.15, 0.2) is 0 Å². The molecule has 4 N–H and O–H groups in total. The number of benzene rings is 2. The summed E-state index contributed by atoms with van der Waals surface area (Å²) < 4.78 is 61.3. The molecule has 0 radical (unpaired) electrons. The molecule has 0 aliphatic carbocycles. The minimum absolute atomic E-state index is 0.173. The quantitative estimate of drug-likeness (QED) is 0.636. The summed E-state index contributed by atoms with van der Waals surface area (Å²) >= 11 is 0. The highest BCUT2D eigenvalue weighted by Gasteiger charge is 2.34. The van der Waals surface area contributed by atoms with Crippen molar-refractivity contribution >= 4 is 28.3 Å². The van der Waals surface area contributed by atoms with Crippen molar-refractivity contribution in [3.05, 3.63) is 48.0 Å². The number of ether oxygens (including phenoxy) is 1. The number of alkyl halides is 2. The minimum atomic E-state index is -4.05. The Bertz CT molecular complexity index is 913. The number of hydrogen-bond donors (Lipinski definition) is 3. The number of nitrogens with one attached hydrogen (secondary N) is 1. The van der Waals surface area contributed by atoms with Crippen LogP contribution in [0.25, 0.3) is 0 Å². The van der Waals surface area contributed by atoms with E-state index in [9.17, 15) is 22.2 Å². The van der Waals surface area contributed by atoms with Gasteiger partial charge in [0.2, 0.25) is 0 Å². The van der Waals surface area contributed by atoms with E-state index in [1.54, 1.807) is 6.07 Å². The van der Waals surface area contributed by atoms with Gasteiger partial charge in [-0.25, -0.2) is 8.42 Å². The van der Waals surface area contributed by atoms with Crippen molar-refractivity contribution in [1.82, 2.24) is 0 Å². The standard InChI is InChI=1S/C15H15BF2N2O5S/c17-15(18)24-10-2-1-3-11(7-10)26(22,23)20-9-4-5-12-13(6-9)16(21)25-14(12)8-19/h1-7,14-15,20-21H,8,19H2. The van der Waals surface area contributed by atoms with Gasteiger partial charge >= 0.3 is 13.7 Å². The zero-order chi connectivity index (χ0) is 18.9. The zero-order valence-corrected chi connectivity index (χ0v) is 14.1. The van der Waals surface area contributed by atoms with Crippen molar-refractivity contribution in [2.24, 2.45) is 5.73 Å². The van der Waals surface area contributed by atoms with Gasteiger partial charge in [-0.05, 0) is 35.3 Å². The highest BCUT2D eigenvalue weighted by Crippen LogP contribution is 2.26. The van der Waals surface area contributed by atoms with E-state index in [2.05, 4.69) is 9.46 Å². The lowest BCUT2D eigenvalue weighted by molar-refractivity contribution is -0.0499. The number of nitrogens with two attached hydrogens (primary N) is 1. The average molecular weight is 384 g/mol. The number of fused-ring (bicyclic) bond motifs is 1. The fraction of sp³-hybridized carbons (Fsp3) is 0.200. The summed E-state index contributed by atoms with van der Waals surface area (Å²) in [5.41, 5.74) is 6.84. The molecule has 0 aromatic heterocycles. The van der Waals surface area contributed by atoms with Gasteiger partial charge in [0.05, 0.1) is 11.0 Å². The Labute approximate surface area is 148 Å². The third-order valence-corrected chi connectivity index (χ3v) is 5.18. The Kier molecular flexibility index (Phi) is 5.14. The molecule has 0 saturated carbocycles. The lowest BCUT2D eigenvalue weighted by Gasteiger charge is -2.12. The first-order chi connectivity index (χ1) is 12.3. The number of hydrogen-bond acceptors (Lipinski definition) is 6. The summed E-state index contributed by atoms with van der Waals surface area (Å²) in [6.45, 7) is -2.89. The van der Waals surface area contributed by atoms with Crippen molar-refractivity contribution in [2.75, 3.05) is 11.3 Å². The highest BCUT2D eigenvalue weighted by molar-refractivity contribution is 7.92. The van der Waals surface area contributed by atoms with E-state index in [0.717, 1.165) is 6.07 Å². The Balaban J connectivity index is 1.86. The Hall–Kier alpha value is -2.21. The van der Waals surface area contributed by atoms with Crippen LogP contribution in [0.4, 0.5) is 14.5 Å². The molecule has 138 valence electrons. The van der Waals surface area contributed by atoms with Crippen molar-refractivity contribution in [3.8, 4) is 5.75 Å². The first kappa shape index (κ1) is 18.6. The summed E-state index contributed by atoms with van der Waals surface area (Å²) in [4.78, 5) is -0.243. The summed E-state index contributed by atoms with van der Waals surface area (Å²) in [5, 5.41) is 9.90. The van der Waals surface area contributed by atoms with E-state index < -0.39 is 29.9 Å². The molecule has 0 saturated heterocycles. The third-order valence-electron chi connectivity index (χ3n) is 3.80. The van der Waals surface area contributed by atoms with E-state index in [1.807, 2.05) is 0 Å². The maximum atomic E-state index is 12.5. The van der Waals surface area contributed by atoms with Crippen LogP contribution in [-0.4, -0.2) is 33.7 Å². The van der Waals surface area contributed by atoms with Gasteiger partial charge in [0, 0.05) is 18.3 Å². The second-order valence-corrected chi connectivity index (χ2v) is 7.20. The summed E-state index contributed by atoms with van der Waals surface area (Å²) in [6, 6.07) is 9.30. The van der Waals surface area contributed by atoms with Crippen LogP contribution < -0.4 is 20.7 Å². The second-order valence-electron chi connectivity index (χ2n) is 5.52. The second kappa shape index (κ2) is 7.19. The van der Waals surface area contributed by atoms with Crippen LogP contribution >= 0.6 is 0 Å². The molecule has 0 spiro atoms. The summed E-state index contributed by atoms with van der Waals surface area (Å²) in [7, 11) is -5.25. The van der Waals surface area contributed by atoms with Crippen molar-refractivity contribution in [3.63, 3.8) is 0 Å². The Morgan fingerprint density at radius 3 is 2.77 bits per heavy atom. The largest absolute Gasteiger partial charge is 0.492 e. The van der Waals surface area contributed by atoms with Gasteiger partial charge < -0.3 is 20.1 Å². The molecule has 1 unspecified atom stereocenters. The molecule has 2 aromatic carbocycles. The topological polar surface area (TPSA) is 111 Å². The van der Waals surface area contributed by atoms with Crippen LogP contribution in [0.5, 0.6) is 5.75 Å². The number of anilines is 1. The summed E-state index contributed by atoms with van der Waals surface area (Å²) in [5.74, 6) is -0.272. The summed E-state index contributed by atoms with van der Waals surface area (Å²) in [6.07, 6.45) is -0.464. The monoisotopic (exact) mass is 384 g/mol. The van der Waals surface area contributed by atoms with Crippen LogP contribution in [0.15, 0.2) is 47.4 Å². The Morgan fingerprint density at radius 1 is 1.31 bits per heavy atom. The van der Waals surface area contributed by atoms with Gasteiger partial charge in [0.25, 0.3) is 10.0 Å². The first-order valence-electron chi connectivity index (χ1n) is 7.55. The number of sulfonamides is 1. The van der Waals surface area contributed by atoms with Gasteiger partial charge in [-0.15, -0.1) is 0 Å². The van der Waals surface area contributed by atoms with Crippen molar-refractivity contribution in [1.29, 1.82) is 0 Å². The van der Waals surface area contributed by atoms with E-state index in [-0.39, 0.29) is 22.9 Å². The van der Waals surface area contributed by atoms with Gasteiger partial charge in [-0.3, -0.25) is 4.72 Å². The van der Waals surface area contributed by atoms with Gasteiger partial charge in [-0.1, -0.05) is 12.1 Å². The maximum Gasteiger partial charge on any atom is 0.492 e. The fourth-order valence-corrected chi connectivity index (χ4v) is 3.75. The molecule has 11 heteroatoms. The van der Waals surface area contributed by atoms with E-state index in [0.29, 0.717) is 11.0 Å². The maximum absolute atomic E-state index is 12.5. The van der Waals surface area contributed by atoms with Gasteiger partial charge in [-0.2, -0.15) is 8.78 Å². The van der Waals surface area contributed by atoms with Crippen LogP contribution in [0.3, 0.4) is 0 Å². The van der Waals surface area contributed by atoms with Crippen LogP contribution in [0.2, 0.25) is 0 Å². The molecule has 2 aromatic rings.